The fraction of sp³-hybridized carbons (Fsp3) is 0.400. The lowest BCUT2D eigenvalue weighted by Crippen LogP contribution is -2.10. The highest BCUT2D eigenvalue weighted by molar-refractivity contribution is 7.99. The molecule has 0 saturated carbocycles. The molecule has 0 aliphatic heterocycles. The Bertz CT molecular complexity index is 265. The van der Waals surface area contributed by atoms with Crippen molar-refractivity contribution in [2.75, 3.05) is 11.6 Å². The Balaban J connectivity index is 2.45. The molecule has 1 aromatic rings. The van der Waals surface area contributed by atoms with Crippen molar-refractivity contribution in [1.29, 1.82) is 0 Å². The highest BCUT2D eigenvalue weighted by Crippen LogP contribution is 2.19. The van der Waals surface area contributed by atoms with Crippen LogP contribution >= 0.6 is 23.4 Å². The predicted molar refractivity (Wildman–Crippen MR) is 58.6 cm³/mol. The van der Waals surface area contributed by atoms with Gasteiger partial charge < -0.3 is 5.11 Å². The highest BCUT2D eigenvalue weighted by atomic mass is 35.5. The molecule has 0 aromatic heterocycles. The number of benzene rings is 1. The molecule has 1 rings (SSSR count). The zero-order chi connectivity index (χ0) is 9.68. The van der Waals surface area contributed by atoms with Crippen molar-refractivity contribution < 1.29 is 5.11 Å². The number of aryl methyl sites for hydroxylation is 1. The van der Waals surface area contributed by atoms with Crippen molar-refractivity contribution in [2.24, 2.45) is 0 Å². The number of hydrogen-bond acceptors (Lipinski definition) is 2. The number of aliphatic hydroxyl groups excluding tert-OH is 1. The molecule has 1 atom stereocenters. The minimum atomic E-state index is -0.410. The van der Waals surface area contributed by atoms with Crippen LogP contribution in [0.2, 0.25) is 0 Å². The molecule has 1 unspecified atom stereocenters. The van der Waals surface area contributed by atoms with Crippen LogP contribution in [-0.4, -0.2) is 22.8 Å². The monoisotopic (exact) mass is 216 g/mol. The minimum absolute atomic E-state index is 0.304. The molecular weight excluding hydrogens is 204 g/mol. The second-order valence-electron chi connectivity index (χ2n) is 2.94. The van der Waals surface area contributed by atoms with Crippen molar-refractivity contribution in [3.8, 4) is 0 Å². The summed E-state index contributed by atoms with van der Waals surface area (Å²) >= 11 is 7.12. The van der Waals surface area contributed by atoms with Crippen LogP contribution in [0.25, 0.3) is 0 Å². The van der Waals surface area contributed by atoms with Crippen LogP contribution in [-0.2, 0) is 0 Å². The Morgan fingerprint density at radius 1 is 1.54 bits per heavy atom. The number of aliphatic hydroxyl groups is 1. The first-order valence-corrected chi connectivity index (χ1v) is 5.68. The summed E-state index contributed by atoms with van der Waals surface area (Å²) in [5, 5.41) is 9.24. The van der Waals surface area contributed by atoms with Gasteiger partial charge in [0.25, 0.3) is 0 Å². The lowest BCUT2D eigenvalue weighted by atomic mass is 10.2. The molecular formula is C10H13ClOS. The van der Waals surface area contributed by atoms with Crippen LogP contribution in [0.5, 0.6) is 0 Å². The van der Waals surface area contributed by atoms with Gasteiger partial charge in [-0.3, -0.25) is 0 Å². The quantitative estimate of drug-likeness (QED) is 0.617. The van der Waals surface area contributed by atoms with Crippen molar-refractivity contribution >= 4 is 23.4 Å². The summed E-state index contributed by atoms with van der Waals surface area (Å²) in [6.07, 6.45) is -0.410. The average Bonchev–Trinajstić information content (AvgIpc) is 2.14. The zero-order valence-electron chi connectivity index (χ0n) is 7.53. The first-order valence-electron chi connectivity index (χ1n) is 4.16. The van der Waals surface area contributed by atoms with Crippen molar-refractivity contribution in [3.05, 3.63) is 29.8 Å². The molecule has 1 N–H and O–H groups in total. The van der Waals surface area contributed by atoms with Crippen molar-refractivity contribution in [1.82, 2.24) is 0 Å². The third kappa shape index (κ3) is 4.03. The molecule has 0 bridgehead atoms. The lowest BCUT2D eigenvalue weighted by Gasteiger charge is -2.06. The Kier molecular flexibility index (Phi) is 4.64. The second kappa shape index (κ2) is 5.53. The normalized spacial score (nSPS) is 12.8. The van der Waals surface area contributed by atoms with E-state index in [1.54, 1.807) is 11.8 Å². The standard InChI is InChI=1S/C10H13ClOS/c1-8-3-2-4-10(5-8)13-7-9(12)6-11/h2-5,9,12H,6-7H2,1H3. The van der Waals surface area contributed by atoms with E-state index < -0.39 is 6.10 Å². The zero-order valence-corrected chi connectivity index (χ0v) is 9.11. The molecule has 0 spiro atoms. The number of alkyl halides is 1. The van der Waals surface area contributed by atoms with Crippen LogP contribution < -0.4 is 0 Å². The van der Waals surface area contributed by atoms with E-state index in [1.807, 2.05) is 12.1 Å². The van der Waals surface area contributed by atoms with Gasteiger partial charge in [0.15, 0.2) is 0 Å². The van der Waals surface area contributed by atoms with Crippen molar-refractivity contribution in [2.45, 2.75) is 17.9 Å². The molecule has 0 radical (unpaired) electrons. The topological polar surface area (TPSA) is 20.2 Å². The van der Waals surface area contributed by atoms with Gasteiger partial charge in [0.05, 0.1) is 6.10 Å². The number of hydrogen-bond donors (Lipinski definition) is 1. The van der Waals surface area contributed by atoms with E-state index in [0.29, 0.717) is 11.6 Å². The third-order valence-electron chi connectivity index (χ3n) is 1.61. The van der Waals surface area contributed by atoms with Crippen LogP contribution in [0.4, 0.5) is 0 Å². The van der Waals surface area contributed by atoms with Gasteiger partial charge in [0.1, 0.15) is 0 Å². The molecule has 0 fully saturated rings. The van der Waals surface area contributed by atoms with Gasteiger partial charge in [-0.2, -0.15) is 0 Å². The van der Waals surface area contributed by atoms with Gasteiger partial charge in [-0.1, -0.05) is 17.7 Å². The van der Waals surface area contributed by atoms with Crippen LogP contribution in [0.15, 0.2) is 29.2 Å². The van der Waals surface area contributed by atoms with Crippen LogP contribution in [0.1, 0.15) is 5.56 Å². The van der Waals surface area contributed by atoms with E-state index >= 15 is 0 Å². The summed E-state index contributed by atoms with van der Waals surface area (Å²) in [5.41, 5.74) is 1.24. The number of halogens is 1. The van der Waals surface area contributed by atoms with E-state index in [2.05, 4.69) is 19.1 Å². The number of thioether (sulfide) groups is 1. The summed E-state index contributed by atoms with van der Waals surface area (Å²) in [5.74, 6) is 0.964. The maximum absolute atomic E-state index is 9.24. The van der Waals surface area contributed by atoms with E-state index in [0.717, 1.165) is 0 Å². The molecule has 13 heavy (non-hydrogen) atoms. The fourth-order valence-electron chi connectivity index (χ4n) is 0.942. The van der Waals surface area contributed by atoms with E-state index in [9.17, 15) is 5.11 Å². The van der Waals surface area contributed by atoms with Gasteiger partial charge in [0.2, 0.25) is 0 Å². The summed E-state index contributed by atoms with van der Waals surface area (Å²) in [4.78, 5) is 1.18. The highest BCUT2D eigenvalue weighted by Gasteiger charge is 2.02. The molecule has 3 heteroatoms. The van der Waals surface area contributed by atoms with Gasteiger partial charge in [-0.25, -0.2) is 0 Å². The molecule has 0 aliphatic carbocycles. The minimum Gasteiger partial charge on any atom is -0.391 e. The Hall–Kier alpha value is -0.180. The molecule has 0 heterocycles. The Labute approximate surface area is 88.1 Å². The Morgan fingerprint density at radius 2 is 2.31 bits per heavy atom. The lowest BCUT2D eigenvalue weighted by molar-refractivity contribution is 0.223. The molecule has 0 amide bonds. The summed E-state index contributed by atoms with van der Waals surface area (Å²) < 4.78 is 0. The van der Waals surface area contributed by atoms with E-state index in [1.165, 1.54) is 10.5 Å². The average molecular weight is 217 g/mol. The first kappa shape index (κ1) is 10.9. The summed E-state index contributed by atoms with van der Waals surface area (Å²) in [7, 11) is 0. The van der Waals surface area contributed by atoms with E-state index in [-0.39, 0.29) is 0 Å². The molecule has 0 saturated heterocycles. The molecule has 1 nitrogen and oxygen atoms in total. The van der Waals surface area contributed by atoms with Crippen LogP contribution in [0, 0.1) is 6.92 Å². The molecule has 1 aromatic carbocycles. The smallest absolute Gasteiger partial charge is 0.0769 e. The van der Waals surface area contributed by atoms with Crippen LogP contribution in [0.3, 0.4) is 0 Å². The predicted octanol–water partition coefficient (Wildman–Crippen LogP) is 2.69. The van der Waals surface area contributed by atoms with Crippen molar-refractivity contribution in [3.63, 3.8) is 0 Å². The van der Waals surface area contributed by atoms with Gasteiger partial charge in [-0.05, 0) is 19.1 Å². The summed E-state index contributed by atoms with van der Waals surface area (Å²) in [6.45, 7) is 2.06. The third-order valence-corrected chi connectivity index (χ3v) is 3.10. The molecule has 72 valence electrons. The largest absolute Gasteiger partial charge is 0.391 e. The first-order chi connectivity index (χ1) is 6.22. The van der Waals surface area contributed by atoms with E-state index in [4.69, 9.17) is 11.6 Å². The maximum atomic E-state index is 9.24. The maximum Gasteiger partial charge on any atom is 0.0769 e. The van der Waals surface area contributed by atoms with Gasteiger partial charge in [-0.15, -0.1) is 23.4 Å². The number of rotatable bonds is 4. The second-order valence-corrected chi connectivity index (χ2v) is 4.34. The summed E-state index contributed by atoms with van der Waals surface area (Å²) in [6, 6.07) is 8.22. The molecule has 0 aliphatic rings. The fourth-order valence-corrected chi connectivity index (χ4v) is 2.13. The van der Waals surface area contributed by atoms with Gasteiger partial charge in [0, 0.05) is 16.5 Å². The Morgan fingerprint density at radius 3 is 2.92 bits per heavy atom. The SMILES string of the molecule is Cc1cccc(SCC(O)CCl)c1. The van der Waals surface area contributed by atoms with Gasteiger partial charge >= 0.3 is 0 Å².